The van der Waals surface area contributed by atoms with Gasteiger partial charge in [0.25, 0.3) is 5.82 Å². The Bertz CT molecular complexity index is 482. The van der Waals surface area contributed by atoms with Gasteiger partial charge in [-0.15, -0.1) is 0 Å². The van der Waals surface area contributed by atoms with Crippen LogP contribution in [0.15, 0.2) is 12.4 Å². The van der Waals surface area contributed by atoms with Crippen molar-refractivity contribution in [1.29, 1.82) is 0 Å². The fourth-order valence-corrected chi connectivity index (χ4v) is 3.52. The number of nitrogens with zero attached hydrogens (tertiary/aromatic N) is 2. The zero-order valence-electron chi connectivity index (χ0n) is 17.2. The molecule has 0 radical (unpaired) electrons. The van der Waals surface area contributed by atoms with E-state index in [2.05, 4.69) is 35.4 Å². The van der Waals surface area contributed by atoms with Crippen LogP contribution in [0.3, 0.4) is 0 Å². The van der Waals surface area contributed by atoms with Gasteiger partial charge in [-0.05, 0) is 19.3 Å². The molecule has 0 unspecified atom stereocenters. The SMILES string of the molecule is CCCCCCCCCCCc1n(CCCC)cc[n+]1CCCC(=O)O. The minimum Gasteiger partial charge on any atom is -0.481 e. The van der Waals surface area contributed by atoms with E-state index in [-0.39, 0.29) is 6.42 Å². The summed E-state index contributed by atoms with van der Waals surface area (Å²) in [7, 11) is 0. The molecule has 0 amide bonds. The number of carboxylic acids is 1. The minimum atomic E-state index is -0.698. The number of imidazole rings is 1. The van der Waals surface area contributed by atoms with Gasteiger partial charge in [0.15, 0.2) is 0 Å². The van der Waals surface area contributed by atoms with Crippen molar-refractivity contribution in [1.82, 2.24) is 4.57 Å². The van der Waals surface area contributed by atoms with Crippen LogP contribution < -0.4 is 4.57 Å². The highest BCUT2D eigenvalue weighted by molar-refractivity contribution is 5.66. The number of carbonyl (C=O) groups is 1. The van der Waals surface area contributed by atoms with Crippen LogP contribution in [0, 0.1) is 0 Å². The van der Waals surface area contributed by atoms with Crippen LogP contribution in [0.2, 0.25) is 0 Å². The highest BCUT2D eigenvalue weighted by Crippen LogP contribution is 2.12. The lowest BCUT2D eigenvalue weighted by Gasteiger charge is -2.06. The highest BCUT2D eigenvalue weighted by Gasteiger charge is 2.16. The third-order valence-corrected chi connectivity index (χ3v) is 5.14. The summed E-state index contributed by atoms with van der Waals surface area (Å²) in [5.41, 5.74) is 0. The summed E-state index contributed by atoms with van der Waals surface area (Å²) in [5, 5.41) is 8.86. The monoisotopic (exact) mass is 365 g/mol. The third kappa shape index (κ3) is 9.98. The molecule has 26 heavy (non-hydrogen) atoms. The molecule has 1 rings (SSSR count). The molecule has 0 aliphatic rings. The second kappa shape index (κ2) is 14.8. The van der Waals surface area contributed by atoms with Crippen molar-refractivity contribution < 1.29 is 14.5 Å². The maximum absolute atomic E-state index is 10.8. The normalized spacial score (nSPS) is 11.2. The van der Waals surface area contributed by atoms with E-state index in [0.717, 1.165) is 19.5 Å². The van der Waals surface area contributed by atoms with Gasteiger partial charge in [-0.3, -0.25) is 4.79 Å². The topological polar surface area (TPSA) is 46.1 Å². The van der Waals surface area contributed by atoms with Gasteiger partial charge in [0.2, 0.25) is 0 Å². The molecule has 0 aliphatic carbocycles. The number of rotatable bonds is 17. The van der Waals surface area contributed by atoms with E-state index in [0.29, 0.717) is 6.42 Å². The van der Waals surface area contributed by atoms with Gasteiger partial charge in [-0.2, -0.15) is 0 Å². The lowest BCUT2D eigenvalue weighted by molar-refractivity contribution is -0.704. The first-order valence-corrected chi connectivity index (χ1v) is 11.0. The van der Waals surface area contributed by atoms with Crippen LogP contribution >= 0.6 is 0 Å². The third-order valence-electron chi connectivity index (χ3n) is 5.14. The molecule has 1 aromatic rings. The van der Waals surface area contributed by atoms with Crippen molar-refractivity contribution in [2.75, 3.05) is 0 Å². The molecule has 1 aromatic heterocycles. The maximum atomic E-state index is 10.8. The largest absolute Gasteiger partial charge is 0.481 e. The van der Waals surface area contributed by atoms with Crippen LogP contribution in [0.4, 0.5) is 0 Å². The molecular formula is C22H41N2O2+. The fourth-order valence-electron chi connectivity index (χ4n) is 3.52. The van der Waals surface area contributed by atoms with Crippen molar-refractivity contribution in [3.8, 4) is 0 Å². The molecule has 4 heteroatoms. The lowest BCUT2D eigenvalue weighted by atomic mass is 10.1. The van der Waals surface area contributed by atoms with Gasteiger partial charge >= 0.3 is 5.97 Å². The lowest BCUT2D eigenvalue weighted by Crippen LogP contribution is -2.37. The number of aromatic nitrogens is 2. The first-order chi connectivity index (χ1) is 12.7. The Morgan fingerprint density at radius 2 is 1.54 bits per heavy atom. The number of aryl methyl sites for hydroxylation is 2. The second-order valence-corrected chi connectivity index (χ2v) is 7.53. The van der Waals surface area contributed by atoms with Crippen LogP contribution in [0.25, 0.3) is 0 Å². The van der Waals surface area contributed by atoms with Crippen molar-refractivity contribution in [2.24, 2.45) is 0 Å². The smallest absolute Gasteiger partial charge is 0.303 e. The molecule has 1 heterocycles. The van der Waals surface area contributed by atoms with E-state index in [1.807, 2.05) is 0 Å². The van der Waals surface area contributed by atoms with E-state index >= 15 is 0 Å². The Morgan fingerprint density at radius 3 is 2.15 bits per heavy atom. The quantitative estimate of drug-likeness (QED) is 0.292. The molecule has 0 fully saturated rings. The van der Waals surface area contributed by atoms with E-state index in [9.17, 15) is 4.79 Å². The van der Waals surface area contributed by atoms with E-state index in [1.54, 1.807) is 0 Å². The second-order valence-electron chi connectivity index (χ2n) is 7.53. The number of carboxylic acid groups (broad SMARTS) is 1. The van der Waals surface area contributed by atoms with Crippen molar-refractivity contribution >= 4 is 5.97 Å². The summed E-state index contributed by atoms with van der Waals surface area (Å²) in [6, 6.07) is 0. The minimum absolute atomic E-state index is 0.255. The molecule has 150 valence electrons. The van der Waals surface area contributed by atoms with Crippen molar-refractivity contribution in [3.63, 3.8) is 0 Å². The highest BCUT2D eigenvalue weighted by atomic mass is 16.4. The molecule has 0 atom stereocenters. The first-order valence-electron chi connectivity index (χ1n) is 11.0. The standard InChI is InChI=1S/C22H40N2O2/c1-3-5-7-8-9-10-11-12-13-15-21-23(17-6-4-2)19-20-24(21)18-14-16-22(25)26/h19-20H,3-18H2,1-2H3/p+1. The Labute approximate surface area is 160 Å². The number of unbranched alkanes of at least 4 members (excludes halogenated alkanes) is 9. The van der Waals surface area contributed by atoms with E-state index in [1.165, 1.54) is 76.5 Å². The van der Waals surface area contributed by atoms with Crippen molar-refractivity contribution in [2.45, 2.75) is 117 Å². The van der Waals surface area contributed by atoms with Gasteiger partial charge in [-0.1, -0.05) is 71.6 Å². The van der Waals surface area contributed by atoms with E-state index < -0.39 is 5.97 Å². The molecule has 0 aliphatic heterocycles. The average Bonchev–Trinajstić information content (AvgIpc) is 3.00. The molecule has 0 bridgehead atoms. The first kappa shape index (κ1) is 22.7. The fraction of sp³-hybridized carbons (Fsp3) is 0.818. The summed E-state index contributed by atoms with van der Waals surface area (Å²) in [6.07, 6.45) is 21.0. The molecule has 0 spiro atoms. The van der Waals surface area contributed by atoms with Gasteiger partial charge in [0.05, 0.1) is 13.1 Å². The van der Waals surface area contributed by atoms with Gasteiger partial charge < -0.3 is 5.11 Å². The Balaban J connectivity index is 2.36. The Kier molecular flexibility index (Phi) is 12.9. The molecule has 1 N–H and O–H groups in total. The zero-order chi connectivity index (χ0) is 19.0. The van der Waals surface area contributed by atoms with Crippen LogP contribution in [-0.2, 0) is 24.3 Å². The predicted octanol–water partition coefficient (Wildman–Crippen LogP) is 5.51. The summed E-state index contributed by atoms with van der Waals surface area (Å²) in [4.78, 5) is 10.8. The van der Waals surface area contributed by atoms with Gasteiger partial charge in [-0.25, -0.2) is 9.13 Å². The predicted molar refractivity (Wildman–Crippen MR) is 107 cm³/mol. The maximum Gasteiger partial charge on any atom is 0.303 e. The molecule has 0 saturated heterocycles. The Morgan fingerprint density at radius 1 is 0.923 bits per heavy atom. The average molecular weight is 366 g/mol. The number of hydrogen-bond acceptors (Lipinski definition) is 1. The molecular weight excluding hydrogens is 324 g/mol. The summed E-state index contributed by atoms with van der Waals surface area (Å²) >= 11 is 0. The van der Waals surface area contributed by atoms with Crippen LogP contribution in [0.1, 0.15) is 103 Å². The summed E-state index contributed by atoms with van der Waals surface area (Å²) < 4.78 is 4.67. The number of aliphatic carboxylic acids is 1. The van der Waals surface area contributed by atoms with Crippen LogP contribution in [0.5, 0.6) is 0 Å². The van der Waals surface area contributed by atoms with Gasteiger partial charge in [0, 0.05) is 12.8 Å². The van der Waals surface area contributed by atoms with Crippen molar-refractivity contribution in [3.05, 3.63) is 18.2 Å². The molecule has 4 nitrogen and oxygen atoms in total. The summed E-state index contributed by atoms with van der Waals surface area (Å²) in [5.74, 6) is 0.684. The van der Waals surface area contributed by atoms with E-state index in [4.69, 9.17) is 5.11 Å². The Hall–Kier alpha value is -1.32. The zero-order valence-corrected chi connectivity index (χ0v) is 17.2. The number of hydrogen-bond donors (Lipinski definition) is 1. The van der Waals surface area contributed by atoms with Crippen LogP contribution in [-0.4, -0.2) is 15.6 Å². The molecule has 0 saturated carbocycles. The summed E-state index contributed by atoms with van der Waals surface area (Å²) in [6.45, 7) is 6.39. The molecule has 0 aromatic carbocycles. The van der Waals surface area contributed by atoms with Gasteiger partial charge in [0.1, 0.15) is 12.4 Å².